The minimum absolute atomic E-state index is 0.778. The standard InChI is InChI=1S/C18H26N4O/c1-19-11-12-21(2)13-17-9-10-20-22(17)16-5-7-18(8-6-16)23-14-15-3-4-15/h5-10,15,19H,3-4,11-14H2,1-2H3. The minimum atomic E-state index is 0.778. The predicted octanol–water partition coefficient (Wildman–Crippen LogP) is 2.31. The molecule has 124 valence electrons. The number of hydrogen-bond donors (Lipinski definition) is 1. The van der Waals surface area contributed by atoms with Crippen molar-refractivity contribution in [2.75, 3.05) is 33.8 Å². The summed E-state index contributed by atoms with van der Waals surface area (Å²) in [5.41, 5.74) is 2.26. The van der Waals surface area contributed by atoms with Crippen LogP contribution < -0.4 is 10.1 Å². The van der Waals surface area contributed by atoms with Crippen molar-refractivity contribution in [2.24, 2.45) is 5.92 Å². The summed E-state index contributed by atoms with van der Waals surface area (Å²) in [6, 6.07) is 10.3. The van der Waals surface area contributed by atoms with E-state index in [1.165, 1.54) is 18.5 Å². The van der Waals surface area contributed by atoms with E-state index in [9.17, 15) is 0 Å². The molecule has 5 nitrogen and oxygen atoms in total. The molecular formula is C18H26N4O. The van der Waals surface area contributed by atoms with Gasteiger partial charge in [0.1, 0.15) is 5.75 Å². The largest absolute Gasteiger partial charge is 0.493 e. The molecule has 0 unspecified atom stereocenters. The number of rotatable bonds is 9. The molecule has 1 aromatic carbocycles. The Bertz CT molecular complexity index is 604. The molecule has 0 spiro atoms. The van der Waals surface area contributed by atoms with Crippen molar-refractivity contribution in [3.05, 3.63) is 42.2 Å². The van der Waals surface area contributed by atoms with E-state index in [1.807, 2.05) is 30.1 Å². The molecule has 1 saturated carbocycles. The van der Waals surface area contributed by atoms with E-state index in [-0.39, 0.29) is 0 Å². The predicted molar refractivity (Wildman–Crippen MR) is 92.0 cm³/mol. The molecule has 0 amide bonds. The highest BCUT2D eigenvalue weighted by atomic mass is 16.5. The highest BCUT2D eigenvalue weighted by Crippen LogP contribution is 2.29. The quantitative estimate of drug-likeness (QED) is 0.771. The van der Waals surface area contributed by atoms with Crippen LogP contribution in [-0.4, -0.2) is 48.5 Å². The summed E-state index contributed by atoms with van der Waals surface area (Å²) in [6.45, 7) is 3.72. The summed E-state index contributed by atoms with van der Waals surface area (Å²) in [4.78, 5) is 2.29. The minimum Gasteiger partial charge on any atom is -0.493 e. The van der Waals surface area contributed by atoms with Gasteiger partial charge in [-0.05, 0) is 63.2 Å². The van der Waals surface area contributed by atoms with Crippen molar-refractivity contribution >= 4 is 0 Å². The number of benzene rings is 1. The van der Waals surface area contributed by atoms with Crippen LogP contribution in [0.2, 0.25) is 0 Å². The molecule has 3 rings (SSSR count). The van der Waals surface area contributed by atoms with E-state index < -0.39 is 0 Å². The van der Waals surface area contributed by atoms with Gasteiger partial charge in [0, 0.05) is 25.8 Å². The van der Waals surface area contributed by atoms with Gasteiger partial charge in [0.15, 0.2) is 0 Å². The first-order chi connectivity index (χ1) is 11.3. The van der Waals surface area contributed by atoms with Gasteiger partial charge in [0.2, 0.25) is 0 Å². The molecule has 0 radical (unpaired) electrons. The average Bonchev–Trinajstić information content (AvgIpc) is 3.29. The summed E-state index contributed by atoms with van der Waals surface area (Å²) in [6.07, 6.45) is 4.49. The first-order valence-electron chi connectivity index (χ1n) is 8.35. The van der Waals surface area contributed by atoms with Crippen LogP contribution in [0.15, 0.2) is 36.5 Å². The summed E-state index contributed by atoms with van der Waals surface area (Å²) < 4.78 is 7.80. The maximum Gasteiger partial charge on any atom is 0.119 e. The van der Waals surface area contributed by atoms with Gasteiger partial charge < -0.3 is 10.1 Å². The lowest BCUT2D eigenvalue weighted by atomic mass is 10.3. The Morgan fingerprint density at radius 2 is 2.04 bits per heavy atom. The third-order valence-electron chi connectivity index (χ3n) is 4.16. The average molecular weight is 314 g/mol. The normalized spacial score (nSPS) is 14.4. The molecule has 0 atom stereocenters. The fraction of sp³-hybridized carbons (Fsp3) is 0.500. The van der Waals surface area contributed by atoms with Crippen molar-refractivity contribution in [3.63, 3.8) is 0 Å². The first-order valence-corrected chi connectivity index (χ1v) is 8.35. The third kappa shape index (κ3) is 4.56. The zero-order valence-corrected chi connectivity index (χ0v) is 14.0. The Hall–Kier alpha value is -1.85. The second kappa shape index (κ2) is 7.62. The summed E-state index contributed by atoms with van der Waals surface area (Å²) in [5.74, 6) is 1.72. The van der Waals surface area contributed by atoms with Crippen molar-refractivity contribution in [3.8, 4) is 11.4 Å². The van der Waals surface area contributed by atoms with Gasteiger partial charge in [-0.3, -0.25) is 4.90 Å². The van der Waals surface area contributed by atoms with E-state index in [0.717, 1.165) is 43.6 Å². The monoisotopic (exact) mass is 314 g/mol. The Balaban J connectivity index is 1.63. The number of hydrogen-bond acceptors (Lipinski definition) is 4. The molecule has 0 aliphatic heterocycles. The highest BCUT2D eigenvalue weighted by molar-refractivity contribution is 5.38. The van der Waals surface area contributed by atoms with Crippen LogP contribution in [0.3, 0.4) is 0 Å². The van der Waals surface area contributed by atoms with Crippen LogP contribution in [0.1, 0.15) is 18.5 Å². The number of nitrogens with zero attached hydrogens (tertiary/aromatic N) is 3. The number of ether oxygens (including phenoxy) is 1. The van der Waals surface area contributed by atoms with Gasteiger partial charge in [-0.25, -0.2) is 4.68 Å². The fourth-order valence-electron chi connectivity index (χ4n) is 2.52. The summed E-state index contributed by atoms with van der Waals surface area (Å²) >= 11 is 0. The summed E-state index contributed by atoms with van der Waals surface area (Å²) in [5, 5.41) is 7.64. The fourth-order valence-corrected chi connectivity index (χ4v) is 2.52. The van der Waals surface area contributed by atoms with Gasteiger partial charge in [0.25, 0.3) is 0 Å². The lowest BCUT2D eigenvalue weighted by Crippen LogP contribution is -2.27. The van der Waals surface area contributed by atoms with Crippen molar-refractivity contribution in [1.29, 1.82) is 0 Å². The first kappa shape index (κ1) is 16.0. The smallest absolute Gasteiger partial charge is 0.119 e. The molecule has 2 aromatic rings. The number of aromatic nitrogens is 2. The van der Waals surface area contributed by atoms with Crippen molar-refractivity contribution < 1.29 is 4.74 Å². The van der Waals surface area contributed by atoms with Gasteiger partial charge in [-0.1, -0.05) is 0 Å². The Morgan fingerprint density at radius 1 is 1.26 bits per heavy atom. The third-order valence-corrected chi connectivity index (χ3v) is 4.16. The van der Waals surface area contributed by atoms with Crippen LogP contribution in [0.4, 0.5) is 0 Å². The molecule has 1 fully saturated rings. The Morgan fingerprint density at radius 3 is 2.74 bits per heavy atom. The van der Waals surface area contributed by atoms with E-state index in [1.54, 1.807) is 0 Å². The maximum absolute atomic E-state index is 5.80. The molecule has 0 bridgehead atoms. The lowest BCUT2D eigenvalue weighted by molar-refractivity contribution is 0.299. The van der Waals surface area contributed by atoms with E-state index in [2.05, 4.69) is 40.6 Å². The van der Waals surface area contributed by atoms with Crippen LogP contribution in [0.5, 0.6) is 5.75 Å². The van der Waals surface area contributed by atoms with Crippen LogP contribution >= 0.6 is 0 Å². The molecule has 1 heterocycles. The van der Waals surface area contributed by atoms with Gasteiger partial charge in [-0.2, -0.15) is 5.10 Å². The van der Waals surface area contributed by atoms with E-state index in [4.69, 9.17) is 4.74 Å². The molecule has 1 aromatic heterocycles. The molecule has 5 heteroatoms. The molecular weight excluding hydrogens is 288 g/mol. The second-order valence-electron chi connectivity index (χ2n) is 6.32. The van der Waals surface area contributed by atoms with Crippen LogP contribution in [0, 0.1) is 5.92 Å². The topological polar surface area (TPSA) is 42.3 Å². The van der Waals surface area contributed by atoms with Crippen LogP contribution in [0.25, 0.3) is 5.69 Å². The lowest BCUT2D eigenvalue weighted by Gasteiger charge is -2.17. The maximum atomic E-state index is 5.80. The van der Waals surface area contributed by atoms with Gasteiger partial charge >= 0.3 is 0 Å². The van der Waals surface area contributed by atoms with Crippen molar-refractivity contribution in [1.82, 2.24) is 20.0 Å². The second-order valence-corrected chi connectivity index (χ2v) is 6.32. The Labute approximate surface area is 138 Å². The van der Waals surface area contributed by atoms with Gasteiger partial charge in [0.05, 0.1) is 18.0 Å². The SMILES string of the molecule is CNCCN(C)Cc1ccnn1-c1ccc(OCC2CC2)cc1. The summed E-state index contributed by atoms with van der Waals surface area (Å²) in [7, 11) is 4.11. The molecule has 23 heavy (non-hydrogen) atoms. The molecule has 1 aliphatic carbocycles. The van der Waals surface area contributed by atoms with Gasteiger partial charge in [-0.15, -0.1) is 0 Å². The zero-order valence-electron chi connectivity index (χ0n) is 14.0. The number of nitrogens with one attached hydrogen (secondary N) is 1. The van der Waals surface area contributed by atoms with Crippen molar-refractivity contribution in [2.45, 2.75) is 19.4 Å². The van der Waals surface area contributed by atoms with E-state index >= 15 is 0 Å². The molecule has 0 saturated heterocycles. The highest BCUT2D eigenvalue weighted by Gasteiger charge is 2.21. The Kier molecular flexibility index (Phi) is 5.31. The zero-order chi connectivity index (χ0) is 16.1. The molecule has 1 N–H and O–H groups in total. The van der Waals surface area contributed by atoms with Crippen LogP contribution in [-0.2, 0) is 6.54 Å². The van der Waals surface area contributed by atoms with E-state index in [0.29, 0.717) is 0 Å². The molecule has 1 aliphatic rings. The number of likely N-dealkylation sites (N-methyl/N-ethyl adjacent to an activating group) is 2.